The molecule has 0 unspecified atom stereocenters. The van der Waals surface area contributed by atoms with Crippen molar-refractivity contribution < 1.29 is 18.7 Å². The van der Waals surface area contributed by atoms with Crippen LogP contribution in [0.2, 0.25) is 10.0 Å². The number of allylic oxidation sites excluding steroid dienone is 1. The molecule has 0 radical (unpaired) electrons. The Hall–Kier alpha value is -3.35. The highest BCUT2D eigenvalue weighted by Crippen LogP contribution is 2.32. The molecule has 0 spiro atoms. The lowest BCUT2D eigenvalue weighted by molar-refractivity contribution is 0.102. The number of rotatable bonds is 5. The zero-order valence-corrected chi connectivity index (χ0v) is 20.9. The second kappa shape index (κ2) is 9.72. The average molecular weight is 513 g/mol. The fourth-order valence-electron chi connectivity index (χ4n) is 4.01. The van der Waals surface area contributed by atoms with Gasteiger partial charge in [-0.25, -0.2) is 4.39 Å². The minimum atomic E-state index is -0.753. The van der Waals surface area contributed by atoms with Crippen molar-refractivity contribution in [3.63, 3.8) is 0 Å². The molecular weight excluding hydrogens is 490 g/mol. The van der Waals surface area contributed by atoms with Crippen LogP contribution in [0.15, 0.2) is 60.7 Å². The highest BCUT2D eigenvalue weighted by Gasteiger charge is 2.28. The highest BCUT2D eigenvalue weighted by molar-refractivity contribution is 6.37. The molecule has 0 aromatic heterocycles. The third-order valence-corrected chi connectivity index (χ3v) is 6.25. The van der Waals surface area contributed by atoms with E-state index in [0.29, 0.717) is 22.7 Å². The van der Waals surface area contributed by atoms with Crippen LogP contribution >= 0.6 is 23.2 Å². The predicted octanol–water partition coefficient (Wildman–Crippen LogP) is 6.54. The summed E-state index contributed by atoms with van der Waals surface area (Å²) in [5.41, 5.74) is 3.14. The number of methoxy groups -OCH3 is 1. The molecule has 0 aliphatic carbocycles. The number of carbonyl (C=O) groups is 2. The summed E-state index contributed by atoms with van der Waals surface area (Å²) in [5, 5.41) is 5.93. The summed E-state index contributed by atoms with van der Waals surface area (Å²) in [4.78, 5) is 25.8. The molecule has 5 nitrogen and oxygen atoms in total. The first kappa shape index (κ1) is 24.8. The smallest absolute Gasteiger partial charge is 0.257 e. The van der Waals surface area contributed by atoms with Gasteiger partial charge in [-0.1, -0.05) is 41.4 Å². The summed E-state index contributed by atoms with van der Waals surface area (Å²) in [5.74, 6) is -0.918. The number of fused-ring (bicyclic) bond motifs is 1. The number of ether oxygens (including phenoxy) is 1. The SMILES string of the molecule is COc1ccc2c(c1)/C(=C/C(=O)c1cccc(NC(=O)c3cc(F)c(Cl)cc3Cl)c1)NC(C)(C)C2. The Kier molecular flexibility index (Phi) is 6.88. The van der Waals surface area contributed by atoms with E-state index in [0.717, 1.165) is 23.6 Å². The van der Waals surface area contributed by atoms with E-state index in [1.54, 1.807) is 37.5 Å². The van der Waals surface area contributed by atoms with E-state index in [1.807, 2.05) is 18.2 Å². The molecule has 3 aromatic carbocycles. The first-order chi connectivity index (χ1) is 16.6. The van der Waals surface area contributed by atoms with Crippen LogP contribution in [0.4, 0.5) is 10.1 Å². The van der Waals surface area contributed by atoms with Crippen molar-refractivity contribution in [1.29, 1.82) is 0 Å². The van der Waals surface area contributed by atoms with Crippen LogP contribution in [0.25, 0.3) is 5.70 Å². The van der Waals surface area contributed by atoms with Crippen LogP contribution in [0.5, 0.6) is 5.75 Å². The van der Waals surface area contributed by atoms with E-state index in [1.165, 1.54) is 6.07 Å². The molecule has 2 N–H and O–H groups in total. The van der Waals surface area contributed by atoms with Crippen molar-refractivity contribution in [3.05, 3.63) is 98.8 Å². The molecule has 1 aliphatic heterocycles. The molecule has 3 aromatic rings. The third-order valence-electron chi connectivity index (χ3n) is 5.65. The summed E-state index contributed by atoms with van der Waals surface area (Å²) < 4.78 is 19.2. The maximum Gasteiger partial charge on any atom is 0.257 e. The summed E-state index contributed by atoms with van der Waals surface area (Å²) in [6.45, 7) is 4.14. The standard InChI is InChI=1S/C27H23Cl2FN2O3/c1-27(2)14-16-7-8-18(35-3)10-19(16)24(32-27)13-25(33)15-5-4-6-17(9-15)31-26(34)20-11-23(30)22(29)12-21(20)28/h4-13,32H,14H2,1-3H3,(H,31,34)/b24-13-. The lowest BCUT2D eigenvalue weighted by atomic mass is 9.85. The second-order valence-corrected chi connectivity index (χ2v) is 9.73. The van der Waals surface area contributed by atoms with Crippen molar-refractivity contribution in [3.8, 4) is 5.75 Å². The van der Waals surface area contributed by atoms with Crippen LogP contribution < -0.4 is 15.4 Å². The van der Waals surface area contributed by atoms with Gasteiger partial charge >= 0.3 is 0 Å². The van der Waals surface area contributed by atoms with E-state index >= 15 is 0 Å². The fourth-order valence-corrected chi connectivity index (χ4v) is 4.48. The monoisotopic (exact) mass is 512 g/mol. The second-order valence-electron chi connectivity index (χ2n) is 8.91. The van der Waals surface area contributed by atoms with Crippen LogP contribution in [0.3, 0.4) is 0 Å². The van der Waals surface area contributed by atoms with Crippen LogP contribution in [0.1, 0.15) is 45.7 Å². The molecule has 0 atom stereocenters. The maximum atomic E-state index is 13.8. The lowest BCUT2D eigenvalue weighted by Gasteiger charge is -2.35. The fraction of sp³-hybridized carbons (Fsp3) is 0.185. The zero-order chi connectivity index (χ0) is 25.3. The van der Waals surface area contributed by atoms with Crippen LogP contribution in [-0.4, -0.2) is 24.3 Å². The number of anilines is 1. The number of carbonyl (C=O) groups excluding carboxylic acids is 2. The summed E-state index contributed by atoms with van der Waals surface area (Å²) in [7, 11) is 1.60. The summed E-state index contributed by atoms with van der Waals surface area (Å²) >= 11 is 11.8. The first-order valence-corrected chi connectivity index (χ1v) is 11.6. The largest absolute Gasteiger partial charge is 0.497 e. The van der Waals surface area contributed by atoms with Crippen molar-refractivity contribution in [2.24, 2.45) is 0 Å². The Labute approximate surface area is 212 Å². The van der Waals surface area contributed by atoms with Gasteiger partial charge in [0.2, 0.25) is 0 Å². The van der Waals surface area contributed by atoms with Crippen LogP contribution in [0, 0.1) is 5.82 Å². The van der Waals surface area contributed by atoms with Crippen molar-refractivity contribution in [2.75, 3.05) is 12.4 Å². The first-order valence-electron chi connectivity index (χ1n) is 10.8. The molecule has 4 rings (SSSR count). The van der Waals surface area contributed by atoms with Gasteiger partial charge in [-0.2, -0.15) is 0 Å². The normalized spacial score (nSPS) is 15.2. The number of hydrogen-bond donors (Lipinski definition) is 2. The number of benzene rings is 3. The Bertz CT molecular complexity index is 1370. The average Bonchev–Trinajstić information content (AvgIpc) is 2.80. The Morgan fingerprint density at radius 2 is 1.86 bits per heavy atom. The number of nitrogens with one attached hydrogen (secondary N) is 2. The van der Waals surface area contributed by atoms with Gasteiger partial charge in [-0.3, -0.25) is 9.59 Å². The molecule has 0 saturated heterocycles. The topological polar surface area (TPSA) is 67.4 Å². The Balaban J connectivity index is 1.61. The third kappa shape index (κ3) is 5.50. The molecule has 0 bridgehead atoms. The highest BCUT2D eigenvalue weighted by atomic mass is 35.5. The molecule has 35 heavy (non-hydrogen) atoms. The van der Waals surface area contributed by atoms with Gasteiger partial charge in [0.25, 0.3) is 5.91 Å². The van der Waals surface area contributed by atoms with E-state index < -0.39 is 11.7 Å². The number of hydrogen-bond acceptors (Lipinski definition) is 4. The molecule has 1 aliphatic rings. The van der Waals surface area contributed by atoms with Gasteiger partial charge in [-0.05, 0) is 62.2 Å². The van der Waals surface area contributed by atoms with E-state index in [9.17, 15) is 14.0 Å². The van der Waals surface area contributed by atoms with Gasteiger partial charge in [0.05, 0.1) is 22.7 Å². The lowest BCUT2D eigenvalue weighted by Crippen LogP contribution is -2.43. The Morgan fingerprint density at radius 3 is 2.60 bits per heavy atom. The molecule has 1 amide bonds. The van der Waals surface area contributed by atoms with Gasteiger partial charge in [-0.15, -0.1) is 0 Å². The quantitative estimate of drug-likeness (QED) is 0.231. The molecule has 0 saturated carbocycles. The zero-order valence-electron chi connectivity index (χ0n) is 19.3. The molecule has 0 fully saturated rings. The predicted molar refractivity (Wildman–Crippen MR) is 137 cm³/mol. The summed E-state index contributed by atoms with van der Waals surface area (Å²) in [6.07, 6.45) is 2.35. The Morgan fingerprint density at radius 1 is 1.09 bits per heavy atom. The minimum absolute atomic E-state index is 0.0194. The van der Waals surface area contributed by atoms with Gasteiger partial charge < -0.3 is 15.4 Å². The molecular formula is C27H23Cl2FN2O3. The number of ketones is 1. The van der Waals surface area contributed by atoms with E-state index in [2.05, 4.69) is 24.5 Å². The van der Waals surface area contributed by atoms with E-state index in [4.69, 9.17) is 27.9 Å². The molecule has 8 heteroatoms. The van der Waals surface area contributed by atoms with Crippen molar-refractivity contribution >= 4 is 46.3 Å². The summed E-state index contributed by atoms with van der Waals surface area (Å²) in [6, 6.07) is 14.5. The number of halogens is 3. The van der Waals surface area contributed by atoms with Crippen LogP contribution in [-0.2, 0) is 6.42 Å². The van der Waals surface area contributed by atoms with Gasteiger partial charge in [0.15, 0.2) is 5.78 Å². The van der Waals surface area contributed by atoms with E-state index in [-0.39, 0.29) is 26.9 Å². The molecule has 1 heterocycles. The van der Waals surface area contributed by atoms with Gasteiger partial charge in [0, 0.05) is 34.1 Å². The van der Waals surface area contributed by atoms with Crippen molar-refractivity contribution in [2.45, 2.75) is 25.8 Å². The van der Waals surface area contributed by atoms with Gasteiger partial charge in [0.1, 0.15) is 11.6 Å². The minimum Gasteiger partial charge on any atom is -0.497 e. The number of amides is 1. The maximum absolute atomic E-state index is 13.8. The molecule has 180 valence electrons. The van der Waals surface area contributed by atoms with Crippen molar-refractivity contribution in [1.82, 2.24) is 5.32 Å².